The van der Waals surface area contributed by atoms with Gasteiger partial charge in [-0.25, -0.2) is 4.98 Å². The monoisotopic (exact) mass is 339 g/mol. The number of nitrogens with one attached hydrogen (secondary N) is 1. The summed E-state index contributed by atoms with van der Waals surface area (Å²) in [5.41, 5.74) is 0.815. The number of aromatic nitrogens is 2. The van der Waals surface area contributed by atoms with E-state index in [1.54, 1.807) is 18.0 Å². The highest BCUT2D eigenvalue weighted by Gasteiger charge is 2.05. The highest BCUT2D eigenvalue weighted by Crippen LogP contribution is 2.17. The van der Waals surface area contributed by atoms with Crippen molar-refractivity contribution in [3.63, 3.8) is 0 Å². The predicted octanol–water partition coefficient (Wildman–Crippen LogP) is 3.30. The maximum Gasteiger partial charge on any atom is 0.225 e. The van der Waals surface area contributed by atoms with Crippen molar-refractivity contribution in [2.24, 2.45) is 7.05 Å². The molecule has 0 atom stereocenters. The predicted molar refractivity (Wildman–Crippen MR) is 81.3 cm³/mol. The van der Waals surface area contributed by atoms with Crippen LogP contribution in [0.5, 0.6) is 0 Å². The standard InChI is InChI=1S/C13H14BrN3OS/c1-17-8-7-15-13(17)19-9-6-12(18)16-11-4-2-10(14)3-5-11/h2-5,7-8H,6,9H2,1H3,(H,16,18). The summed E-state index contributed by atoms with van der Waals surface area (Å²) in [5, 5.41) is 3.79. The maximum absolute atomic E-state index is 11.7. The second-order valence-corrected chi connectivity index (χ2v) is 5.95. The molecule has 1 amide bonds. The third kappa shape index (κ3) is 4.40. The van der Waals surface area contributed by atoms with Gasteiger partial charge in [0.1, 0.15) is 0 Å². The molecule has 4 nitrogen and oxygen atoms in total. The van der Waals surface area contributed by atoms with Gasteiger partial charge in [0.15, 0.2) is 5.16 Å². The van der Waals surface area contributed by atoms with Crippen LogP contribution in [0.4, 0.5) is 5.69 Å². The summed E-state index contributed by atoms with van der Waals surface area (Å²) in [6, 6.07) is 7.54. The Hall–Kier alpha value is -1.27. The topological polar surface area (TPSA) is 46.9 Å². The molecule has 0 saturated carbocycles. The Labute approximate surface area is 124 Å². The molecule has 6 heteroatoms. The molecule has 0 spiro atoms. The van der Waals surface area contributed by atoms with Crippen LogP contribution in [0.3, 0.4) is 0 Å². The molecular weight excluding hydrogens is 326 g/mol. The molecular formula is C13H14BrN3OS. The summed E-state index contributed by atoms with van der Waals surface area (Å²) in [7, 11) is 1.94. The quantitative estimate of drug-likeness (QED) is 0.850. The van der Waals surface area contributed by atoms with Gasteiger partial charge in [0.2, 0.25) is 5.91 Å². The Kier molecular flexibility index (Phi) is 5.04. The summed E-state index contributed by atoms with van der Waals surface area (Å²) in [4.78, 5) is 15.9. The molecule has 1 aromatic heterocycles. The number of halogens is 1. The zero-order valence-electron chi connectivity index (χ0n) is 10.5. The number of anilines is 1. The molecule has 0 aliphatic carbocycles. The first-order chi connectivity index (χ1) is 9.15. The first kappa shape index (κ1) is 14.1. The second-order valence-electron chi connectivity index (χ2n) is 3.97. The van der Waals surface area contributed by atoms with E-state index < -0.39 is 0 Å². The Morgan fingerprint density at radius 1 is 1.42 bits per heavy atom. The first-order valence-electron chi connectivity index (χ1n) is 5.80. The lowest BCUT2D eigenvalue weighted by Crippen LogP contribution is -2.12. The fourth-order valence-electron chi connectivity index (χ4n) is 1.48. The number of carbonyl (C=O) groups is 1. The summed E-state index contributed by atoms with van der Waals surface area (Å²) in [6.45, 7) is 0. The minimum absolute atomic E-state index is 0.0176. The van der Waals surface area contributed by atoms with Gasteiger partial charge in [0, 0.05) is 41.8 Å². The number of hydrogen-bond acceptors (Lipinski definition) is 3. The van der Waals surface area contributed by atoms with Crippen molar-refractivity contribution in [1.29, 1.82) is 0 Å². The number of benzene rings is 1. The number of nitrogens with zero attached hydrogens (tertiary/aromatic N) is 2. The minimum Gasteiger partial charge on any atom is -0.329 e. The number of hydrogen-bond donors (Lipinski definition) is 1. The normalized spacial score (nSPS) is 10.4. The molecule has 0 fully saturated rings. The number of carbonyl (C=O) groups excluding carboxylic acids is 1. The van der Waals surface area contributed by atoms with Crippen molar-refractivity contribution in [3.8, 4) is 0 Å². The highest BCUT2D eigenvalue weighted by atomic mass is 79.9. The van der Waals surface area contributed by atoms with Gasteiger partial charge < -0.3 is 9.88 Å². The zero-order valence-corrected chi connectivity index (χ0v) is 12.9. The number of amides is 1. The molecule has 19 heavy (non-hydrogen) atoms. The first-order valence-corrected chi connectivity index (χ1v) is 7.58. The van der Waals surface area contributed by atoms with E-state index >= 15 is 0 Å². The van der Waals surface area contributed by atoms with Gasteiger partial charge in [-0.15, -0.1) is 0 Å². The molecule has 2 aromatic rings. The Balaban J connectivity index is 1.76. The molecule has 1 aromatic carbocycles. The minimum atomic E-state index is 0.0176. The van der Waals surface area contributed by atoms with Crippen molar-refractivity contribution in [1.82, 2.24) is 9.55 Å². The van der Waals surface area contributed by atoms with E-state index in [9.17, 15) is 4.79 Å². The van der Waals surface area contributed by atoms with E-state index in [2.05, 4.69) is 26.2 Å². The van der Waals surface area contributed by atoms with Gasteiger partial charge >= 0.3 is 0 Å². The molecule has 1 heterocycles. The average Bonchev–Trinajstić information content (AvgIpc) is 2.78. The van der Waals surface area contributed by atoms with E-state index in [0.29, 0.717) is 12.2 Å². The lowest BCUT2D eigenvalue weighted by molar-refractivity contribution is -0.115. The Morgan fingerprint density at radius 3 is 2.79 bits per heavy atom. The SMILES string of the molecule is Cn1ccnc1SCCC(=O)Nc1ccc(Br)cc1. The van der Waals surface area contributed by atoms with Gasteiger partial charge in [-0.05, 0) is 24.3 Å². The Bertz CT molecular complexity index is 553. The molecule has 1 N–H and O–H groups in total. The second kappa shape index (κ2) is 6.77. The molecule has 0 unspecified atom stereocenters. The van der Waals surface area contributed by atoms with E-state index in [-0.39, 0.29) is 5.91 Å². The van der Waals surface area contributed by atoms with Gasteiger partial charge in [-0.1, -0.05) is 27.7 Å². The fraction of sp³-hybridized carbons (Fsp3) is 0.231. The third-order valence-corrected chi connectivity index (χ3v) is 4.05. The van der Waals surface area contributed by atoms with Crippen LogP contribution in [0.1, 0.15) is 6.42 Å². The molecule has 0 saturated heterocycles. The van der Waals surface area contributed by atoms with Crippen molar-refractivity contribution in [2.75, 3.05) is 11.1 Å². The average molecular weight is 340 g/mol. The Morgan fingerprint density at radius 2 is 2.16 bits per heavy atom. The lowest BCUT2D eigenvalue weighted by Gasteiger charge is -2.05. The van der Waals surface area contributed by atoms with E-state index in [1.165, 1.54) is 0 Å². The number of aryl methyl sites for hydroxylation is 1. The van der Waals surface area contributed by atoms with Crippen LogP contribution < -0.4 is 5.32 Å². The number of rotatable bonds is 5. The van der Waals surface area contributed by atoms with Crippen molar-refractivity contribution in [3.05, 3.63) is 41.1 Å². The zero-order chi connectivity index (χ0) is 13.7. The van der Waals surface area contributed by atoms with E-state index in [4.69, 9.17) is 0 Å². The summed E-state index contributed by atoms with van der Waals surface area (Å²) < 4.78 is 2.94. The van der Waals surface area contributed by atoms with E-state index in [0.717, 1.165) is 15.3 Å². The highest BCUT2D eigenvalue weighted by molar-refractivity contribution is 9.10. The molecule has 0 radical (unpaired) electrons. The molecule has 0 aliphatic rings. The smallest absolute Gasteiger partial charge is 0.225 e. The number of thioether (sulfide) groups is 1. The van der Waals surface area contributed by atoms with Crippen LogP contribution in [-0.4, -0.2) is 21.2 Å². The van der Waals surface area contributed by atoms with Crippen LogP contribution in [0, 0.1) is 0 Å². The van der Waals surface area contributed by atoms with Gasteiger partial charge in [0.05, 0.1) is 0 Å². The fourth-order valence-corrected chi connectivity index (χ4v) is 2.62. The van der Waals surface area contributed by atoms with Gasteiger partial charge in [0.25, 0.3) is 0 Å². The van der Waals surface area contributed by atoms with Crippen LogP contribution in [0.2, 0.25) is 0 Å². The van der Waals surface area contributed by atoms with Crippen molar-refractivity contribution in [2.45, 2.75) is 11.6 Å². The summed E-state index contributed by atoms with van der Waals surface area (Å²) in [5.74, 6) is 0.733. The van der Waals surface area contributed by atoms with Gasteiger partial charge in [-0.3, -0.25) is 4.79 Å². The molecule has 2 rings (SSSR count). The largest absolute Gasteiger partial charge is 0.329 e. The summed E-state index contributed by atoms with van der Waals surface area (Å²) in [6.07, 6.45) is 4.11. The summed E-state index contributed by atoms with van der Waals surface area (Å²) >= 11 is 4.94. The molecule has 0 aliphatic heterocycles. The molecule has 0 bridgehead atoms. The van der Waals surface area contributed by atoms with Gasteiger partial charge in [-0.2, -0.15) is 0 Å². The van der Waals surface area contributed by atoms with E-state index in [1.807, 2.05) is 42.1 Å². The third-order valence-electron chi connectivity index (χ3n) is 2.47. The number of imidazole rings is 1. The lowest BCUT2D eigenvalue weighted by atomic mass is 10.3. The van der Waals surface area contributed by atoms with Crippen molar-refractivity contribution < 1.29 is 4.79 Å². The van der Waals surface area contributed by atoms with Crippen LogP contribution in [-0.2, 0) is 11.8 Å². The van der Waals surface area contributed by atoms with Crippen LogP contribution in [0.25, 0.3) is 0 Å². The molecule has 100 valence electrons. The van der Waals surface area contributed by atoms with Crippen LogP contribution in [0.15, 0.2) is 46.3 Å². The van der Waals surface area contributed by atoms with Crippen LogP contribution >= 0.6 is 27.7 Å². The maximum atomic E-state index is 11.7. The van der Waals surface area contributed by atoms with Crippen molar-refractivity contribution >= 4 is 39.3 Å².